The molecule has 10 nitrogen and oxygen atoms in total. The van der Waals surface area contributed by atoms with Crippen molar-refractivity contribution in [2.75, 3.05) is 5.32 Å². The summed E-state index contributed by atoms with van der Waals surface area (Å²) in [5, 5.41) is 13.8. The van der Waals surface area contributed by atoms with Crippen molar-refractivity contribution < 1.29 is 19.2 Å². The quantitative estimate of drug-likeness (QED) is 0.345. The molecule has 1 heterocycles. The molecule has 0 saturated carbocycles. The second-order valence-electron chi connectivity index (χ2n) is 6.43. The van der Waals surface area contributed by atoms with E-state index in [9.17, 15) is 24.5 Å². The van der Waals surface area contributed by atoms with Crippen LogP contribution in [-0.4, -0.2) is 32.9 Å². The van der Waals surface area contributed by atoms with E-state index in [1.54, 1.807) is 24.3 Å². The van der Waals surface area contributed by atoms with Gasteiger partial charge in [0, 0.05) is 12.5 Å². The molecule has 3 aromatic rings. The number of hydrogen-bond acceptors (Lipinski definition) is 7. The molecule has 0 spiro atoms. The number of nitro groups is 1. The predicted molar refractivity (Wildman–Crippen MR) is 108 cm³/mol. The molecule has 0 aliphatic heterocycles. The fourth-order valence-corrected chi connectivity index (χ4v) is 2.76. The monoisotopic (exact) mass is 410 g/mol. The van der Waals surface area contributed by atoms with E-state index < -0.39 is 22.9 Å². The number of benzene rings is 2. The average Bonchev–Trinajstić information content (AvgIpc) is 2.72. The highest BCUT2D eigenvalue weighted by Gasteiger charge is 2.21. The fourth-order valence-electron chi connectivity index (χ4n) is 2.76. The number of fused-ring (bicyclic) bond motifs is 1. The van der Waals surface area contributed by atoms with Gasteiger partial charge in [-0.25, -0.2) is 4.98 Å². The van der Waals surface area contributed by atoms with E-state index in [2.05, 4.69) is 15.3 Å². The first-order chi connectivity index (χ1) is 14.3. The van der Waals surface area contributed by atoms with Crippen LogP contribution in [0.1, 0.15) is 19.2 Å². The lowest BCUT2D eigenvalue weighted by molar-refractivity contribution is -0.383. The van der Waals surface area contributed by atoms with Gasteiger partial charge >= 0.3 is 5.97 Å². The number of rotatable bonds is 7. The Labute approximate surface area is 170 Å². The van der Waals surface area contributed by atoms with Crippen LogP contribution in [0.4, 0.5) is 11.4 Å². The van der Waals surface area contributed by atoms with Gasteiger partial charge in [0.2, 0.25) is 0 Å². The molecule has 1 aromatic heterocycles. The maximum Gasteiger partial charge on any atom is 0.307 e. The molecule has 2 aromatic carbocycles. The van der Waals surface area contributed by atoms with Gasteiger partial charge < -0.3 is 15.0 Å². The third-order valence-corrected chi connectivity index (χ3v) is 4.26. The topological polar surface area (TPSA) is 144 Å². The number of H-pyrrole nitrogens is 1. The number of nitrogens with one attached hydrogen (secondary N) is 2. The summed E-state index contributed by atoms with van der Waals surface area (Å²) in [5.74, 6) is -1.04. The Kier molecular flexibility index (Phi) is 6.16. The predicted octanol–water partition coefficient (Wildman–Crippen LogP) is 2.33. The molecule has 0 saturated heterocycles. The normalized spacial score (nSPS) is 11.6. The highest BCUT2D eigenvalue weighted by molar-refractivity contribution is 5.96. The van der Waals surface area contributed by atoms with Crippen molar-refractivity contribution in [3.63, 3.8) is 0 Å². The minimum absolute atomic E-state index is 0.00772. The zero-order valence-corrected chi connectivity index (χ0v) is 16.0. The van der Waals surface area contributed by atoms with Gasteiger partial charge in [0.1, 0.15) is 11.5 Å². The Bertz CT molecular complexity index is 1170. The first-order valence-electron chi connectivity index (χ1n) is 9.07. The summed E-state index contributed by atoms with van der Waals surface area (Å²) < 4.78 is 5.08. The summed E-state index contributed by atoms with van der Waals surface area (Å²) in [7, 11) is 0. The lowest BCUT2D eigenvalue weighted by Gasteiger charge is -2.13. The lowest BCUT2D eigenvalue weighted by atomic mass is 10.2. The molecule has 3 rings (SSSR count). The number of esters is 1. The van der Waals surface area contributed by atoms with Gasteiger partial charge in [0.15, 0.2) is 6.10 Å². The van der Waals surface area contributed by atoms with Crippen LogP contribution >= 0.6 is 0 Å². The number of amides is 1. The molecular weight excluding hydrogens is 392 g/mol. The minimum atomic E-state index is -1.17. The maximum absolute atomic E-state index is 12.2. The smallest absolute Gasteiger partial charge is 0.307 e. The Morgan fingerprint density at radius 2 is 1.90 bits per heavy atom. The Balaban J connectivity index is 1.58. The first-order valence-corrected chi connectivity index (χ1v) is 9.07. The number of nitrogens with zero attached hydrogens (tertiary/aromatic N) is 2. The molecule has 2 N–H and O–H groups in total. The van der Waals surface area contributed by atoms with Gasteiger partial charge in [0.25, 0.3) is 17.2 Å². The van der Waals surface area contributed by atoms with Gasteiger partial charge in [-0.2, -0.15) is 0 Å². The molecule has 0 aliphatic carbocycles. The summed E-state index contributed by atoms with van der Waals surface area (Å²) in [4.78, 5) is 53.6. The van der Waals surface area contributed by atoms with Crippen molar-refractivity contribution in [2.45, 2.75) is 25.9 Å². The molecule has 10 heteroatoms. The summed E-state index contributed by atoms with van der Waals surface area (Å²) >= 11 is 0. The number of ether oxygens (including phenoxy) is 1. The van der Waals surface area contributed by atoms with E-state index in [0.29, 0.717) is 16.7 Å². The Morgan fingerprint density at radius 1 is 1.20 bits per heavy atom. The SMILES string of the molecule is C[C@H](OC(=O)CCc1nc2ccccc2c(=O)[nH]1)C(=O)Nc1ccccc1[N+](=O)[O-]. The van der Waals surface area contributed by atoms with Crippen molar-refractivity contribution in [3.8, 4) is 0 Å². The lowest BCUT2D eigenvalue weighted by Crippen LogP contribution is -2.30. The van der Waals surface area contributed by atoms with Gasteiger partial charge in [-0.15, -0.1) is 0 Å². The molecule has 1 amide bonds. The molecule has 30 heavy (non-hydrogen) atoms. The van der Waals surface area contributed by atoms with Crippen molar-refractivity contribution in [1.29, 1.82) is 0 Å². The van der Waals surface area contributed by atoms with Gasteiger partial charge in [-0.1, -0.05) is 24.3 Å². The number of para-hydroxylation sites is 3. The number of carbonyl (C=O) groups is 2. The van der Waals surface area contributed by atoms with E-state index in [1.807, 2.05) is 0 Å². The number of anilines is 1. The second-order valence-corrected chi connectivity index (χ2v) is 6.43. The summed E-state index contributed by atoms with van der Waals surface area (Å²) in [6.45, 7) is 1.36. The zero-order valence-electron chi connectivity index (χ0n) is 16.0. The van der Waals surface area contributed by atoms with Crippen LogP contribution < -0.4 is 10.9 Å². The van der Waals surface area contributed by atoms with Gasteiger partial charge in [-0.05, 0) is 25.1 Å². The molecule has 0 aliphatic rings. The van der Waals surface area contributed by atoms with Crippen LogP contribution in [0.5, 0.6) is 0 Å². The van der Waals surface area contributed by atoms with Crippen LogP contribution in [0.15, 0.2) is 53.3 Å². The van der Waals surface area contributed by atoms with E-state index >= 15 is 0 Å². The van der Waals surface area contributed by atoms with Gasteiger partial charge in [-0.3, -0.25) is 24.5 Å². The molecule has 0 radical (unpaired) electrons. The zero-order chi connectivity index (χ0) is 21.7. The number of aromatic amines is 1. The largest absolute Gasteiger partial charge is 0.453 e. The third kappa shape index (κ3) is 4.85. The van der Waals surface area contributed by atoms with Gasteiger partial charge in [0.05, 0.1) is 22.2 Å². The minimum Gasteiger partial charge on any atom is -0.453 e. The maximum atomic E-state index is 12.2. The molecule has 1 atom stereocenters. The van der Waals surface area contributed by atoms with Crippen LogP contribution in [0.2, 0.25) is 0 Å². The number of hydrogen-bond donors (Lipinski definition) is 2. The molecule has 0 bridgehead atoms. The molecule has 0 fully saturated rings. The van der Waals surface area contributed by atoms with Crippen LogP contribution in [0.25, 0.3) is 10.9 Å². The third-order valence-electron chi connectivity index (χ3n) is 4.26. The molecular formula is C20H18N4O6. The van der Waals surface area contributed by atoms with Crippen LogP contribution in [-0.2, 0) is 20.7 Å². The number of aryl methyl sites for hydroxylation is 1. The standard InChI is InChI=1S/C20H18N4O6/c1-12(19(26)22-15-8-4-5-9-16(15)24(28)29)30-18(25)11-10-17-21-14-7-3-2-6-13(14)20(27)23-17/h2-9,12H,10-11H2,1H3,(H,22,26)(H,21,23,27)/t12-/m0/s1. The van der Waals surface area contributed by atoms with E-state index in [4.69, 9.17) is 4.74 Å². The Hall–Kier alpha value is -4.08. The van der Waals surface area contributed by atoms with Crippen molar-refractivity contribution in [2.24, 2.45) is 0 Å². The highest BCUT2D eigenvalue weighted by Crippen LogP contribution is 2.23. The molecule has 0 unspecified atom stereocenters. The Morgan fingerprint density at radius 3 is 2.67 bits per heavy atom. The van der Waals surface area contributed by atoms with Crippen molar-refractivity contribution in [3.05, 3.63) is 74.8 Å². The summed E-state index contributed by atoms with van der Waals surface area (Å²) in [6, 6.07) is 12.5. The first kappa shape index (κ1) is 20.6. The molecule has 154 valence electrons. The van der Waals surface area contributed by atoms with Crippen molar-refractivity contribution in [1.82, 2.24) is 9.97 Å². The van der Waals surface area contributed by atoms with Crippen LogP contribution in [0.3, 0.4) is 0 Å². The van der Waals surface area contributed by atoms with E-state index in [1.165, 1.54) is 31.2 Å². The number of aromatic nitrogens is 2. The summed E-state index contributed by atoms with van der Waals surface area (Å²) in [6.07, 6.45) is -1.15. The van der Waals surface area contributed by atoms with E-state index in [0.717, 1.165) is 0 Å². The fraction of sp³-hybridized carbons (Fsp3) is 0.200. The summed E-state index contributed by atoms with van der Waals surface area (Å²) in [5.41, 5.74) is -0.0490. The van der Waals surface area contributed by atoms with Crippen molar-refractivity contribution >= 4 is 34.2 Å². The number of carbonyl (C=O) groups excluding carboxylic acids is 2. The number of nitro benzene ring substituents is 1. The second kappa shape index (κ2) is 8.95. The van der Waals surface area contributed by atoms with E-state index in [-0.39, 0.29) is 29.8 Å². The highest BCUT2D eigenvalue weighted by atomic mass is 16.6. The average molecular weight is 410 g/mol. The van der Waals surface area contributed by atoms with Crippen LogP contribution in [0, 0.1) is 10.1 Å².